The van der Waals surface area contributed by atoms with Crippen LogP contribution in [0, 0.1) is 0 Å². The van der Waals surface area contributed by atoms with Crippen LogP contribution in [0.4, 0.5) is 0 Å². The zero-order chi connectivity index (χ0) is 10.3. The van der Waals surface area contributed by atoms with Crippen molar-refractivity contribution < 1.29 is 0 Å². The van der Waals surface area contributed by atoms with Gasteiger partial charge in [0.25, 0.3) is 0 Å². The molecular formula is C11H14N4. The smallest absolute Gasteiger partial charge is 0.141 e. The van der Waals surface area contributed by atoms with Gasteiger partial charge in [0, 0.05) is 17.5 Å². The normalized spacial score (nSPS) is 16.1. The van der Waals surface area contributed by atoms with Crippen molar-refractivity contribution in [3.8, 4) is 0 Å². The summed E-state index contributed by atoms with van der Waals surface area (Å²) >= 11 is 0. The van der Waals surface area contributed by atoms with Crippen LogP contribution in [0.3, 0.4) is 0 Å². The maximum absolute atomic E-state index is 5.60. The average Bonchev–Trinajstić information content (AvgIpc) is 3.02. The molecule has 3 rings (SSSR count). The monoisotopic (exact) mass is 202 g/mol. The van der Waals surface area contributed by atoms with Gasteiger partial charge in [-0.15, -0.1) is 0 Å². The molecule has 1 fully saturated rings. The van der Waals surface area contributed by atoms with Gasteiger partial charge >= 0.3 is 0 Å². The second kappa shape index (κ2) is 3.31. The average molecular weight is 202 g/mol. The first kappa shape index (κ1) is 8.85. The highest BCUT2D eigenvalue weighted by atomic mass is 14.9. The molecule has 78 valence electrons. The van der Waals surface area contributed by atoms with Crippen LogP contribution in [0.15, 0.2) is 12.5 Å². The Kier molecular flexibility index (Phi) is 1.95. The van der Waals surface area contributed by atoms with E-state index in [4.69, 9.17) is 5.73 Å². The Bertz CT molecular complexity index is 484. The van der Waals surface area contributed by atoms with Gasteiger partial charge < -0.3 is 10.7 Å². The van der Waals surface area contributed by atoms with Crippen molar-refractivity contribution in [2.75, 3.05) is 6.54 Å². The molecule has 0 aliphatic heterocycles. The van der Waals surface area contributed by atoms with Gasteiger partial charge in [-0.05, 0) is 31.4 Å². The summed E-state index contributed by atoms with van der Waals surface area (Å²) in [6, 6.07) is 0. The standard InChI is InChI=1S/C11H14N4/c12-4-3-8-5-13-11-9(8)10(7-1-2-7)14-6-15-11/h5-7H,1-4,12H2,(H,13,14,15). The predicted molar refractivity (Wildman–Crippen MR) is 58.6 cm³/mol. The highest BCUT2D eigenvalue weighted by molar-refractivity contribution is 5.83. The Morgan fingerprint density at radius 1 is 1.40 bits per heavy atom. The molecule has 0 saturated heterocycles. The lowest BCUT2D eigenvalue weighted by Crippen LogP contribution is -2.03. The van der Waals surface area contributed by atoms with Crippen LogP contribution in [-0.4, -0.2) is 21.5 Å². The minimum absolute atomic E-state index is 0.655. The predicted octanol–water partition coefficient (Wildman–Crippen LogP) is 1.34. The van der Waals surface area contributed by atoms with Crippen LogP contribution < -0.4 is 5.73 Å². The first-order valence-corrected chi connectivity index (χ1v) is 5.41. The molecule has 0 atom stereocenters. The van der Waals surface area contributed by atoms with Gasteiger partial charge in [-0.3, -0.25) is 0 Å². The number of aromatic amines is 1. The third-order valence-corrected chi connectivity index (χ3v) is 2.96. The summed E-state index contributed by atoms with van der Waals surface area (Å²) in [4.78, 5) is 11.8. The number of aromatic nitrogens is 3. The maximum atomic E-state index is 5.60. The van der Waals surface area contributed by atoms with Crippen molar-refractivity contribution in [3.63, 3.8) is 0 Å². The van der Waals surface area contributed by atoms with Gasteiger partial charge in [0.05, 0.1) is 5.69 Å². The van der Waals surface area contributed by atoms with Crippen molar-refractivity contribution >= 4 is 11.0 Å². The molecule has 15 heavy (non-hydrogen) atoms. The molecule has 0 bridgehead atoms. The molecule has 2 heterocycles. The molecule has 4 heteroatoms. The number of fused-ring (bicyclic) bond motifs is 1. The molecule has 0 aromatic carbocycles. The number of hydrogen-bond acceptors (Lipinski definition) is 3. The maximum Gasteiger partial charge on any atom is 0.141 e. The van der Waals surface area contributed by atoms with E-state index in [2.05, 4.69) is 15.0 Å². The van der Waals surface area contributed by atoms with Crippen molar-refractivity contribution in [1.82, 2.24) is 15.0 Å². The van der Waals surface area contributed by atoms with Crippen molar-refractivity contribution in [2.45, 2.75) is 25.2 Å². The van der Waals surface area contributed by atoms with Crippen molar-refractivity contribution in [2.24, 2.45) is 5.73 Å². The highest BCUT2D eigenvalue weighted by Crippen LogP contribution is 2.42. The number of H-pyrrole nitrogens is 1. The van der Waals surface area contributed by atoms with E-state index in [-0.39, 0.29) is 0 Å². The van der Waals surface area contributed by atoms with Crippen LogP contribution in [0.25, 0.3) is 11.0 Å². The zero-order valence-corrected chi connectivity index (χ0v) is 8.53. The molecular weight excluding hydrogens is 188 g/mol. The summed E-state index contributed by atoms with van der Waals surface area (Å²) in [7, 11) is 0. The third kappa shape index (κ3) is 1.41. The van der Waals surface area contributed by atoms with Gasteiger partial charge in [-0.1, -0.05) is 0 Å². The SMILES string of the molecule is NCCc1c[nH]c2ncnc(C3CC3)c12. The molecule has 0 radical (unpaired) electrons. The van der Waals surface area contributed by atoms with E-state index in [9.17, 15) is 0 Å². The van der Waals surface area contributed by atoms with E-state index in [1.807, 2.05) is 6.20 Å². The fourth-order valence-corrected chi connectivity index (χ4v) is 2.07. The lowest BCUT2D eigenvalue weighted by Gasteiger charge is -2.01. The summed E-state index contributed by atoms with van der Waals surface area (Å²) < 4.78 is 0. The van der Waals surface area contributed by atoms with E-state index in [1.54, 1.807) is 6.33 Å². The Hall–Kier alpha value is -1.42. The lowest BCUT2D eigenvalue weighted by atomic mass is 10.1. The Morgan fingerprint density at radius 2 is 2.27 bits per heavy atom. The summed E-state index contributed by atoms with van der Waals surface area (Å²) in [5.41, 5.74) is 9.02. The van der Waals surface area contributed by atoms with Crippen LogP contribution >= 0.6 is 0 Å². The van der Waals surface area contributed by atoms with Crippen molar-refractivity contribution in [3.05, 3.63) is 23.8 Å². The first-order chi connectivity index (χ1) is 7.40. The fourth-order valence-electron chi connectivity index (χ4n) is 2.07. The summed E-state index contributed by atoms with van der Waals surface area (Å²) in [6.45, 7) is 0.673. The van der Waals surface area contributed by atoms with Gasteiger partial charge in [0.2, 0.25) is 0 Å². The zero-order valence-electron chi connectivity index (χ0n) is 8.53. The number of rotatable bonds is 3. The molecule has 1 aliphatic carbocycles. The van der Waals surface area contributed by atoms with E-state index < -0.39 is 0 Å². The quantitative estimate of drug-likeness (QED) is 0.789. The van der Waals surface area contributed by atoms with E-state index >= 15 is 0 Å². The minimum atomic E-state index is 0.655. The lowest BCUT2D eigenvalue weighted by molar-refractivity contribution is 0.966. The number of nitrogens with two attached hydrogens (primary N) is 1. The topological polar surface area (TPSA) is 67.6 Å². The molecule has 0 amide bonds. The van der Waals surface area contributed by atoms with Crippen LogP contribution in [0.1, 0.15) is 30.0 Å². The fraction of sp³-hybridized carbons (Fsp3) is 0.455. The Balaban J connectivity index is 2.19. The number of nitrogens with zero attached hydrogens (tertiary/aromatic N) is 2. The van der Waals surface area contributed by atoms with Crippen LogP contribution in [0.5, 0.6) is 0 Å². The molecule has 2 aromatic heterocycles. The van der Waals surface area contributed by atoms with Gasteiger partial charge in [-0.25, -0.2) is 9.97 Å². The molecule has 4 nitrogen and oxygen atoms in total. The number of hydrogen-bond donors (Lipinski definition) is 2. The van der Waals surface area contributed by atoms with Crippen LogP contribution in [-0.2, 0) is 6.42 Å². The van der Waals surface area contributed by atoms with Gasteiger partial charge in [-0.2, -0.15) is 0 Å². The largest absolute Gasteiger partial charge is 0.346 e. The molecule has 3 N–H and O–H groups in total. The summed E-state index contributed by atoms with van der Waals surface area (Å²) in [5, 5.41) is 1.21. The molecule has 1 aliphatic rings. The Morgan fingerprint density at radius 3 is 3.00 bits per heavy atom. The second-order valence-corrected chi connectivity index (χ2v) is 4.11. The molecule has 1 saturated carbocycles. The number of nitrogens with one attached hydrogen (secondary N) is 1. The third-order valence-electron chi connectivity index (χ3n) is 2.96. The van der Waals surface area contributed by atoms with E-state index in [0.29, 0.717) is 12.5 Å². The molecule has 0 unspecified atom stereocenters. The van der Waals surface area contributed by atoms with Gasteiger partial charge in [0.1, 0.15) is 12.0 Å². The van der Waals surface area contributed by atoms with Crippen molar-refractivity contribution in [1.29, 1.82) is 0 Å². The molecule has 0 spiro atoms. The Labute approximate surface area is 87.9 Å². The summed E-state index contributed by atoms with van der Waals surface area (Å²) in [5.74, 6) is 0.655. The van der Waals surface area contributed by atoms with Crippen LogP contribution in [0.2, 0.25) is 0 Å². The second-order valence-electron chi connectivity index (χ2n) is 4.11. The highest BCUT2D eigenvalue weighted by Gasteiger charge is 2.28. The van der Waals surface area contributed by atoms with Gasteiger partial charge in [0.15, 0.2) is 0 Å². The van der Waals surface area contributed by atoms with E-state index in [1.165, 1.54) is 29.5 Å². The first-order valence-electron chi connectivity index (χ1n) is 5.41. The van der Waals surface area contributed by atoms with E-state index in [0.717, 1.165) is 12.1 Å². The summed E-state index contributed by atoms with van der Waals surface area (Å²) in [6.07, 6.45) is 7.09. The molecule has 2 aromatic rings. The minimum Gasteiger partial charge on any atom is -0.346 e.